The molecular formula is C13H16FN3O2. The third kappa shape index (κ3) is 3.08. The summed E-state index contributed by atoms with van der Waals surface area (Å²) in [5, 5.41) is 10.9. The molecule has 0 radical (unpaired) electrons. The maximum absolute atomic E-state index is 13.8. The van der Waals surface area contributed by atoms with E-state index in [1.807, 2.05) is 0 Å². The van der Waals surface area contributed by atoms with Crippen LogP contribution in [0.15, 0.2) is 22.6 Å². The van der Waals surface area contributed by atoms with E-state index in [2.05, 4.69) is 22.4 Å². The van der Waals surface area contributed by atoms with Crippen molar-refractivity contribution in [3.63, 3.8) is 0 Å². The molecule has 1 aromatic heterocycles. The first-order valence-electron chi connectivity index (χ1n) is 6.12. The lowest BCUT2D eigenvalue weighted by Gasteiger charge is -2.05. The fraction of sp³-hybridized carbons (Fsp3) is 0.385. The third-order valence-corrected chi connectivity index (χ3v) is 2.58. The van der Waals surface area contributed by atoms with Crippen LogP contribution in [0.1, 0.15) is 19.2 Å². The molecule has 2 aromatic rings. The van der Waals surface area contributed by atoms with E-state index in [-0.39, 0.29) is 11.5 Å². The van der Waals surface area contributed by atoms with Gasteiger partial charge in [-0.25, -0.2) is 4.39 Å². The van der Waals surface area contributed by atoms with Gasteiger partial charge in [0, 0.05) is 0 Å². The molecule has 0 saturated heterocycles. The van der Waals surface area contributed by atoms with Gasteiger partial charge in [0.25, 0.3) is 5.89 Å². The first-order valence-corrected chi connectivity index (χ1v) is 6.12. The van der Waals surface area contributed by atoms with Crippen molar-refractivity contribution in [1.82, 2.24) is 15.5 Å². The van der Waals surface area contributed by atoms with E-state index in [1.54, 1.807) is 12.1 Å². The van der Waals surface area contributed by atoms with Crippen LogP contribution in [0, 0.1) is 5.82 Å². The number of hydrogen-bond donors (Lipinski definition) is 1. The summed E-state index contributed by atoms with van der Waals surface area (Å²) in [6, 6.07) is 4.55. The molecule has 1 aromatic carbocycles. The molecule has 0 atom stereocenters. The van der Waals surface area contributed by atoms with Crippen LogP contribution in [0.5, 0.6) is 5.75 Å². The highest BCUT2D eigenvalue weighted by atomic mass is 19.1. The second kappa shape index (κ2) is 6.29. The van der Waals surface area contributed by atoms with E-state index >= 15 is 0 Å². The fourth-order valence-electron chi connectivity index (χ4n) is 1.68. The Labute approximate surface area is 110 Å². The number of rotatable bonds is 6. The van der Waals surface area contributed by atoms with Gasteiger partial charge in [0.05, 0.1) is 13.7 Å². The number of nitrogens with one attached hydrogen (secondary N) is 1. The van der Waals surface area contributed by atoms with Gasteiger partial charge >= 0.3 is 0 Å². The zero-order valence-electron chi connectivity index (χ0n) is 10.9. The summed E-state index contributed by atoms with van der Waals surface area (Å²) >= 11 is 0. The molecule has 0 aliphatic heterocycles. The summed E-state index contributed by atoms with van der Waals surface area (Å²) < 4.78 is 24.4. The number of benzene rings is 1. The molecule has 0 aliphatic carbocycles. The number of methoxy groups -OCH3 is 1. The quantitative estimate of drug-likeness (QED) is 0.813. The largest absolute Gasteiger partial charge is 0.496 e. The van der Waals surface area contributed by atoms with Crippen LogP contribution in [0.2, 0.25) is 0 Å². The van der Waals surface area contributed by atoms with Crippen molar-refractivity contribution in [2.45, 2.75) is 19.9 Å². The maximum Gasteiger partial charge on any atom is 0.254 e. The van der Waals surface area contributed by atoms with Crippen LogP contribution in [-0.4, -0.2) is 23.9 Å². The average molecular weight is 265 g/mol. The Hall–Kier alpha value is -1.95. The topological polar surface area (TPSA) is 60.2 Å². The first-order chi connectivity index (χ1) is 9.26. The lowest BCUT2D eigenvalue weighted by atomic mass is 10.2. The molecule has 6 heteroatoms. The lowest BCUT2D eigenvalue weighted by Crippen LogP contribution is -2.13. The van der Waals surface area contributed by atoms with Gasteiger partial charge in [-0.15, -0.1) is 10.2 Å². The second-order valence-corrected chi connectivity index (χ2v) is 3.99. The molecule has 0 fully saturated rings. The Morgan fingerprint density at radius 1 is 1.37 bits per heavy atom. The van der Waals surface area contributed by atoms with E-state index < -0.39 is 5.82 Å². The maximum atomic E-state index is 13.8. The number of aromatic nitrogens is 2. The van der Waals surface area contributed by atoms with Gasteiger partial charge < -0.3 is 14.5 Å². The van der Waals surface area contributed by atoms with Gasteiger partial charge in [-0.2, -0.15) is 0 Å². The number of nitrogens with zero attached hydrogens (tertiary/aromatic N) is 2. The normalized spacial score (nSPS) is 10.7. The molecular weight excluding hydrogens is 249 g/mol. The Morgan fingerprint density at radius 3 is 2.95 bits per heavy atom. The smallest absolute Gasteiger partial charge is 0.254 e. The third-order valence-electron chi connectivity index (χ3n) is 2.58. The van der Waals surface area contributed by atoms with Crippen molar-refractivity contribution in [1.29, 1.82) is 0 Å². The first kappa shape index (κ1) is 13.5. The second-order valence-electron chi connectivity index (χ2n) is 3.99. The molecule has 1 N–H and O–H groups in total. The van der Waals surface area contributed by atoms with Gasteiger partial charge in [0.1, 0.15) is 17.1 Å². The van der Waals surface area contributed by atoms with E-state index in [9.17, 15) is 4.39 Å². The predicted octanol–water partition coefficient (Wildman–Crippen LogP) is 2.38. The van der Waals surface area contributed by atoms with E-state index in [4.69, 9.17) is 9.15 Å². The molecule has 1 heterocycles. The average Bonchev–Trinajstić information content (AvgIpc) is 2.87. The SMILES string of the molecule is CCCNCc1nnc(-c2c(F)cccc2OC)o1. The van der Waals surface area contributed by atoms with Gasteiger partial charge in [-0.05, 0) is 25.1 Å². The van der Waals surface area contributed by atoms with Crippen molar-refractivity contribution >= 4 is 0 Å². The highest BCUT2D eigenvalue weighted by molar-refractivity contribution is 5.63. The zero-order chi connectivity index (χ0) is 13.7. The fourth-order valence-corrected chi connectivity index (χ4v) is 1.68. The molecule has 0 unspecified atom stereocenters. The monoisotopic (exact) mass is 265 g/mol. The van der Waals surface area contributed by atoms with Crippen molar-refractivity contribution < 1.29 is 13.5 Å². The van der Waals surface area contributed by atoms with Crippen molar-refractivity contribution in [3.05, 3.63) is 29.9 Å². The number of hydrogen-bond acceptors (Lipinski definition) is 5. The Morgan fingerprint density at radius 2 is 2.21 bits per heavy atom. The molecule has 19 heavy (non-hydrogen) atoms. The standard InChI is InChI=1S/C13H16FN3O2/c1-3-7-15-8-11-16-17-13(19-11)12-9(14)5-4-6-10(12)18-2/h4-6,15H,3,7-8H2,1-2H3. The highest BCUT2D eigenvalue weighted by Crippen LogP contribution is 2.31. The molecule has 102 valence electrons. The minimum atomic E-state index is -0.448. The van der Waals surface area contributed by atoms with E-state index in [1.165, 1.54) is 13.2 Å². The van der Waals surface area contributed by atoms with E-state index in [0.717, 1.165) is 13.0 Å². The minimum absolute atomic E-state index is 0.128. The molecule has 0 bridgehead atoms. The van der Waals surface area contributed by atoms with Crippen LogP contribution >= 0.6 is 0 Å². The number of ether oxygens (including phenoxy) is 1. The van der Waals surface area contributed by atoms with Crippen LogP contribution in [0.25, 0.3) is 11.5 Å². The molecule has 0 saturated carbocycles. The Balaban J connectivity index is 2.23. The minimum Gasteiger partial charge on any atom is -0.496 e. The van der Waals surface area contributed by atoms with E-state index in [0.29, 0.717) is 18.2 Å². The Kier molecular flexibility index (Phi) is 4.46. The molecule has 0 spiro atoms. The van der Waals surface area contributed by atoms with Crippen molar-refractivity contribution in [2.24, 2.45) is 0 Å². The summed E-state index contributed by atoms with van der Waals surface area (Å²) in [7, 11) is 1.47. The zero-order valence-corrected chi connectivity index (χ0v) is 10.9. The van der Waals surface area contributed by atoms with Crippen LogP contribution in [0.3, 0.4) is 0 Å². The predicted molar refractivity (Wildman–Crippen MR) is 68.2 cm³/mol. The molecule has 5 nitrogen and oxygen atoms in total. The van der Waals surface area contributed by atoms with Gasteiger partial charge in [0.15, 0.2) is 0 Å². The van der Waals surface area contributed by atoms with Crippen molar-refractivity contribution in [2.75, 3.05) is 13.7 Å². The van der Waals surface area contributed by atoms with Crippen LogP contribution < -0.4 is 10.1 Å². The summed E-state index contributed by atoms with van der Waals surface area (Å²) in [6.07, 6.45) is 1.02. The number of halogens is 1. The summed E-state index contributed by atoms with van der Waals surface area (Å²) in [4.78, 5) is 0. The highest BCUT2D eigenvalue weighted by Gasteiger charge is 2.17. The summed E-state index contributed by atoms with van der Waals surface area (Å²) in [6.45, 7) is 3.40. The molecule has 2 rings (SSSR count). The molecule has 0 aliphatic rings. The van der Waals surface area contributed by atoms with Gasteiger partial charge in [-0.3, -0.25) is 0 Å². The van der Waals surface area contributed by atoms with Gasteiger partial charge in [0.2, 0.25) is 5.89 Å². The summed E-state index contributed by atoms with van der Waals surface area (Å²) in [5.74, 6) is 0.477. The van der Waals surface area contributed by atoms with Crippen molar-refractivity contribution in [3.8, 4) is 17.2 Å². The summed E-state index contributed by atoms with van der Waals surface area (Å²) in [5.41, 5.74) is 0.194. The lowest BCUT2D eigenvalue weighted by molar-refractivity contribution is 0.409. The van der Waals surface area contributed by atoms with Crippen LogP contribution in [0.4, 0.5) is 4.39 Å². The molecule has 0 amide bonds. The van der Waals surface area contributed by atoms with Crippen LogP contribution in [-0.2, 0) is 6.54 Å². The van der Waals surface area contributed by atoms with Gasteiger partial charge in [-0.1, -0.05) is 13.0 Å². The Bertz CT molecular complexity index is 542.